The van der Waals surface area contributed by atoms with E-state index >= 15 is 0 Å². The van der Waals surface area contributed by atoms with E-state index < -0.39 is 12.1 Å². The van der Waals surface area contributed by atoms with Crippen LogP contribution in [0.4, 0.5) is 18.0 Å². The molecule has 3 heterocycles. The summed E-state index contributed by atoms with van der Waals surface area (Å²) in [6.45, 7) is 3.52. The van der Waals surface area contributed by atoms with Crippen molar-refractivity contribution < 1.29 is 27.9 Å². The lowest BCUT2D eigenvalue weighted by molar-refractivity contribution is -0.192. The Morgan fingerprint density at radius 1 is 1.37 bits per heavy atom. The van der Waals surface area contributed by atoms with Crippen LogP contribution in [0.5, 0.6) is 0 Å². The summed E-state index contributed by atoms with van der Waals surface area (Å²) in [5.74, 6) is -2.76. The monoisotopic (exact) mass is 447 g/mol. The predicted octanol–water partition coefficient (Wildman–Crippen LogP) is 2.80. The lowest BCUT2D eigenvalue weighted by Crippen LogP contribution is -2.40. The maximum atomic E-state index is 11.6. The molecule has 1 aliphatic rings. The van der Waals surface area contributed by atoms with Crippen molar-refractivity contribution in [1.29, 1.82) is 0 Å². The number of hydrogen-bond donors (Lipinski definition) is 2. The highest BCUT2D eigenvalue weighted by Gasteiger charge is 2.38. The number of amides is 2. The molecule has 0 saturated carbocycles. The summed E-state index contributed by atoms with van der Waals surface area (Å²) in [5.41, 5.74) is 2.61. The minimum Gasteiger partial charge on any atom is -0.475 e. The van der Waals surface area contributed by atoms with Gasteiger partial charge in [0, 0.05) is 46.5 Å². The van der Waals surface area contributed by atoms with Gasteiger partial charge in [-0.1, -0.05) is 0 Å². The topological polar surface area (TPSA) is 90.7 Å². The Morgan fingerprint density at radius 2 is 2.07 bits per heavy atom. The van der Waals surface area contributed by atoms with Gasteiger partial charge < -0.3 is 15.3 Å². The van der Waals surface area contributed by atoms with Gasteiger partial charge >= 0.3 is 18.2 Å². The average molecular weight is 447 g/mol. The van der Waals surface area contributed by atoms with Crippen LogP contribution in [-0.4, -0.2) is 70.0 Å². The van der Waals surface area contributed by atoms with Crippen LogP contribution in [0.1, 0.15) is 23.7 Å². The number of halogens is 3. The molecular formula is C18H24F3N5O3S. The zero-order valence-corrected chi connectivity index (χ0v) is 17.4. The molecule has 0 saturated heterocycles. The number of nitrogens with zero attached hydrogens (tertiary/aromatic N) is 4. The van der Waals surface area contributed by atoms with Crippen molar-refractivity contribution >= 4 is 23.3 Å². The highest BCUT2D eigenvalue weighted by Crippen LogP contribution is 2.24. The van der Waals surface area contributed by atoms with Gasteiger partial charge in [0.25, 0.3) is 0 Å². The number of carbonyl (C=O) groups excluding carboxylic acids is 1. The minimum atomic E-state index is -5.08. The summed E-state index contributed by atoms with van der Waals surface area (Å²) in [4.78, 5) is 24.5. The third-order valence-corrected chi connectivity index (χ3v) is 5.07. The molecule has 2 aromatic heterocycles. The highest BCUT2D eigenvalue weighted by atomic mass is 32.1. The van der Waals surface area contributed by atoms with Crippen LogP contribution in [0.3, 0.4) is 0 Å². The summed E-state index contributed by atoms with van der Waals surface area (Å²) < 4.78 is 33.9. The fourth-order valence-electron chi connectivity index (χ4n) is 2.94. The number of thiophene rings is 1. The molecule has 8 nitrogen and oxygen atoms in total. The van der Waals surface area contributed by atoms with E-state index in [9.17, 15) is 18.0 Å². The number of urea groups is 1. The summed E-state index contributed by atoms with van der Waals surface area (Å²) in [6, 6.07) is 4.53. The second-order valence-electron chi connectivity index (χ2n) is 6.94. The van der Waals surface area contributed by atoms with Gasteiger partial charge in [-0.3, -0.25) is 9.58 Å². The van der Waals surface area contributed by atoms with Crippen molar-refractivity contribution in [3.8, 4) is 0 Å². The maximum absolute atomic E-state index is 11.6. The number of carboxylic acid groups (broad SMARTS) is 1. The van der Waals surface area contributed by atoms with E-state index in [1.807, 2.05) is 6.20 Å². The van der Waals surface area contributed by atoms with Crippen LogP contribution in [0.25, 0.3) is 0 Å². The fourth-order valence-corrected chi connectivity index (χ4v) is 3.60. The molecule has 1 aliphatic heterocycles. The van der Waals surface area contributed by atoms with E-state index in [0.717, 1.165) is 26.1 Å². The van der Waals surface area contributed by atoms with E-state index in [0.29, 0.717) is 12.6 Å². The molecule has 2 N–H and O–H groups in total. The SMILES string of the molecule is CN(C)C(=O)NCCC1CN(Cc2ccsc2)Cc2ccnn21.O=C(O)C(F)(F)F. The number of carbonyl (C=O) groups is 2. The number of aliphatic carboxylic acids is 1. The lowest BCUT2D eigenvalue weighted by atomic mass is 10.1. The molecule has 2 amide bonds. The quantitative estimate of drug-likeness (QED) is 0.736. The zero-order chi connectivity index (χ0) is 22.3. The van der Waals surface area contributed by atoms with Gasteiger partial charge in [-0.05, 0) is 34.9 Å². The second kappa shape index (κ2) is 10.4. The van der Waals surface area contributed by atoms with E-state index in [-0.39, 0.29) is 6.03 Å². The summed E-state index contributed by atoms with van der Waals surface area (Å²) >= 11 is 1.74. The van der Waals surface area contributed by atoms with Gasteiger partial charge in [0.2, 0.25) is 0 Å². The van der Waals surface area contributed by atoms with E-state index in [1.54, 1.807) is 30.3 Å². The normalized spacial score (nSPS) is 16.2. The molecule has 3 rings (SSSR count). The lowest BCUT2D eigenvalue weighted by Gasteiger charge is -2.34. The number of fused-ring (bicyclic) bond motifs is 1. The van der Waals surface area contributed by atoms with Crippen molar-refractivity contribution in [2.24, 2.45) is 0 Å². The van der Waals surface area contributed by atoms with Gasteiger partial charge in [0.1, 0.15) is 0 Å². The molecule has 0 bridgehead atoms. The molecule has 12 heteroatoms. The maximum Gasteiger partial charge on any atom is 0.490 e. The van der Waals surface area contributed by atoms with Crippen molar-refractivity contribution in [2.75, 3.05) is 27.2 Å². The largest absolute Gasteiger partial charge is 0.490 e. The Hall–Kier alpha value is -2.60. The van der Waals surface area contributed by atoms with Crippen LogP contribution in [-0.2, 0) is 17.9 Å². The van der Waals surface area contributed by atoms with Gasteiger partial charge in [-0.15, -0.1) is 0 Å². The van der Waals surface area contributed by atoms with Crippen LogP contribution < -0.4 is 5.32 Å². The van der Waals surface area contributed by atoms with Gasteiger partial charge in [0.05, 0.1) is 11.7 Å². The zero-order valence-electron chi connectivity index (χ0n) is 16.6. The van der Waals surface area contributed by atoms with Crippen LogP contribution in [0.15, 0.2) is 29.1 Å². The smallest absolute Gasteiger partial charge is 0.475 e. The minimum absolute atomic E-state index is 0.0448. The number of carboxylic acids is 1. The van der Waals surface area contributed by atoms with Crippen molar-refractivity contribution in [1.82, 2.24) is 24.9 Å². The summed E-state index contributed by atoms with van der Waals surface area (Å²) in [5, 5.41) is 18.9. The van der Waals surface area contributed by atoms with E-state index in [4.69, 9.17) is 9.90 Å². The predicted molar refractivity (Wildman–Crippen MR) is 105 cm³/mol. The first-order chi connectivity index (χ1) is 14.1. The van der Waals surface area contributed by atoms with Crippen LogP contribution in [0.2, 0.25) is 0 Å². The molecule has 1 atom stereocenters. The second-order valence-corrected chi connectivity index (χ2v) is 7.72. The highest BCUT2D eigenvalue weighted by molar-refractivity contribution is 7.07. The molecule has 166 valence electrons. The fraction of sp³-hybridized carbons (Fsp3) is 0.500. The van der Waals surface area contributed by atoms with E-state index in [1.165, 1.54) is 11.3 Å². The van der Waals surface area contributed by atoms with Crippen molar-refractivity contribution in [2.45, 2.75) is 31.7 Å². The molecule has 0 aromatic carbocycles. The molecule has 0 aliphatic carbocycles. The van der Waals surface area contributed by atoms with Crippen molar-refractivity contribution in [3.05, 3.63) is 40.3 Å². The van der Waals surface area contributed by atoms with Crippen molar-refractivity contribution in [3.63, 3.8) is 0 Å². The molecule has 2 aromatic rings. The molecule has 1 unspecified atom stereocenters. The Bertz CT molecular complexity index is 823. The third-order valence-electron chi connectivity index (χ3n) is 4.34. The molecule has 0 radical (unpaired) electrons. The number of hydrogen-bond acceptors (Lipinski definition) is 5. The molecule has 0 fully saturated rings. The van der Waals surface area contributed by atoms with Crippen LogP contribution in [0, 0.1) is 0 Å². The molecule has 30 heavy (non-hydrogen) atoms. The first-order valence-corrected chi connectivity index (χ1v) is 10.0. The van der Waals surface area contributed by atoms with E-state index in [2.05, 4.69) is 42.9 Å². The Kier molecular flexibility index (Phi) is 8.24. The standard InChI is InChI=1S/C16H23N5OS.C2HF3O2/c1-19(2)16(22)17-6-3-14-10-20(9-13-5-8-23-12-13)11-15-4-7-18-21(14)15;3-2(4,5)1(6)7/h4-5,7-8,12,14H,3,6,9-11H2,1-2H3,(H,17,22);(H,6,7). The molecular weight excluding hydrogens is 423 g/mol. The Balaban J connectivity index is 0.000000396. The third kappa shape index (κ3) is 7.02. The molecule has 0 spiro atoms. The van der Waals surface area contributed by atoms with Crippen LogP contribution >= 0.6 is 11.3 Å². The number of nitrogens with one attached hydrogen (secondary N) is 1. The number of rotatable bonds is 5. The number of aromatic nitrogens is 2. The Morgan fingerprint density at radius 3 is 2.63 bits per heavy atom. The summed E-state index contributed by atoms with van der Waals surface area (Å²) in [6.07, 6.45) is -2.33. The van der Waals surface area contributed by atoms with Gasteiger partial charge in [-0.25, -0.2) is 9.59 Å². The first kappa shape index (κ1) is 23.7. The van der Waals surface area contributed by atoms with Gasteiger partial charge in [-0.2, -0.15) is 29.6 Å². The number of alkyl halides is 3. The first-order valence-electron chi connectivity index (χ1n) is 9.09. The average Bonchev–Trinajstić information content (AvgIpc) is 3.33. The summed E-state index contributed by atoms with van der Waals surface area (Å²) in [7, 11) is 3.51. The van der Waals surface area contributed by atoms with Gasteiger partial charge in [0.15, 0.2) is 0 Å². The Labute approximate surface area is 175 Å².